The molecule has 9 nitrogen and oxygen atoms in total. The van der Waals surface area contributed by atoms with Crippen molar-refractivity contribution in [3.63, 3.8) is 0 Å². The van der Waals surface area contributed by atoms with E-state index in [1.165, 1.54) is 24.3 Å². The Kier molecular flexibility index (Phi) is 6.94. The summed E-state index contributed by atoms with van der Waals surface area (Å²) in [5.74, 6) is 2.09. The third kappa shape index (κ3) is 4.84. The lowest BCUT2D eigenvalue weighted by Gasteiger charge is -2.40. The summed E-state index contributed by atoms with van der Waals surface area (Å²) in [6.45, 7) is 6.91. The Morgan fingerprint density at radius 3 is 2.81 bits per heavy atom. The highest BCUT2D eigenvalue weighted by Gasteiger charge is 2.47. The van der Waals surface area contributed by atoms with Crippen molar-refractivity contribution in [1.82, 2.24) is 20.2 Å². The quantitative estimate of drug-likeness (QED) is 0.279. The summed E-state index contributed by atoms with van der Waals surface area (Å²) >= 11 is 0. The average molecular weight is 654 g/mol. The lowest BCUT2D eigenvalue weighted by Crippen LogP contribution is -2.60. The normalized spacial score (nSPS) is 25.8. The number of anilines is 1. The fraction of sp³-hybridized carbons (Fsp3) is 0.459. The smallest absolute Gasteiger partial charge is 0.319 e. The number of hydrogen-bond donors (Lipinski definition) is 2. The van der Waals surface area contributed by atoms with Crippen LogP contribution >= 0.6 is 0 Å². The summed E-state index contributed by atoms with van der Waals surface area (Å²) in [7, 11) is 0. The zero-order valence-electron chi connectivity index (χ0n) is 26.8. The summed E-state index contributed by atoms with van der Waals surface area (Å²) < 4.78 is 50.7. The van der Waals surface area contributed by atoms with Crippen molar-refractivity contribution in [2.24, 2.45) is 5.41 Å². The third-order valence-corrected chi connectivity index (χ3v) is 11.1. The molecule has 3 saturated heterocycles. The van der Waals surface area contributed by atoms with E-state index >= 15 is 8.78 Å². The monoisotopic (exact) mass is 653 g/mol. The molecule has 1 aromatic heterocycles. The molecule has 248 valence electrons. The molecule has 4 aromatic rings. The summed E-state index contributed by atoms with van der Waals surface area (Å²) in [6, 6.07) is 8.22. The molecule has 4 atom stereocenters. The van der Waals surface area contributed by atoms with Gasteiger partial charge < -0.3 is 29.5 Å². The second kappa shape index (κ2) is 11.2. The number of aromatic hydroxyl groups is 1. The molecule has 9 rings (SSSR count). The Morgan fingerprint density at radius 1 is 1.12 bits per heavy atom. The number of terminal acetylenes is 1. The van der Waals surface area contributed by atoms with Gasteiger partial charge in [-0.15, -0.1) is 6.42 Å². The van der Waals surface area contributed by atoms with Crippen LogP contribution in [0.25, 0.3) is 32.8 Å². The molecule has 5 heterocycles. The van der Waals surface area contributed by atoms with Crippen LogP contribution in [0.5, 0.6) is 17.5 Å². The summed E-state index contributed by atoms with van der Waals surface area (Å²) in [5.41, 5.74) is 0.370. The first-order chi connectivity index (χ1) is 23.3. The van der Waals surface area contributed by atoms with Gasteiger partial charge in [0, 0.05) is 54.1 Å². The summed E-state index contributed by atoms with van der Waals surface area (Å²) in [5, 5.41) is 15.7. The van der Waals surface area contributed by atoms with Crippen molar-refractivity contribution in [2.75, 3.05) is 51.0 Å². The zero-order valence-corrected chi connectivity index (χ0v) is 26.8. The number of rotatable bonds is 6. The first-order valence-electron chi connectivity index (χ1n) is 16.9. The van der Waals surface area contributed by atoms with Crippen LogP contribution in [0.15, 0.2) is 30.3 Å². The van der Waals surface area contributed by atoms with E-state index in [1.54, 1.807) is 6.07 Å². The SMILES string of the molecule is C#Cc1c(F)ccc2cc(O)cc(-c3cc4c5c(nc(OCC6(CN7CCOC[C@H]7C)CC6)nc5c3F)N3C[C@H]5CC[C@H](N5)[C@H]3CO4)c12. The highest BCUT2D eigenvalue weighted by atomic mass is 19.1. The lowest BCUT2D eigenvalue weighted by atomic mass is 9.92. The Bertz CT molecular complexity index is 2010. The van der Waals surface area contributed by atoms with E-state index in [0.717, 1.165) is 52.0 Å². The van der Waals surface area contributed by atoms with Crippen LogP contribution in [-0.2, 0) is 4.74 Å². The minimum Gasteiger partial charge on any atom is -0.508 e. The van der Waals surface area contributed by atoms with Crippen molar-refractivity contribution in [3.05, 3.63) is 47.5 Å². The molecule has 48 heavy (non-hydrogen) atoms. The topological polar surface area (TPSA) is 92.2 Å². The molecule has 2 bridgehead atoms. The first-order valence-corrected chi connectivity index (χ1v) is 16.9. The molecule has 1 aliphatic carbocycles. The van der Waals surface area contributed by atoms with Crippen molar-refractivity contribution in [2.45, 2.75) is 56.8 Å². The molecule has 0 radical (unpaired) electrons. The van der Waals surface area contributed by atoms with Crippen LogP contribution in [0, 0.1) is 29.4 Å². The molecule has 0 spiro atoms. The van der Waals surface area contributed by atoms with Crippen molar-refractivity contribution in [3.8, 4) is 41.0 Å². The van der Waals surface area contributed by atoms with E-state index < -0.39 is 11.6 Å². The third-order valence-electron chi connectivity index (χ3n) is 11.1. The fourth-order valence-electron chi connectivity index (χ4n) is 8.25. The number of aromatic nitrogens is 2. The zero-order chi connectivity index (χ0) is 32.7. The van der Waals surface area contributed by atoms with Gasteiger partial charge in [0.2, 0.25) is 0 Å². The van der Waals surface area contributed by atoms with Gasteiger partial charge in [0.1, 0.15) is 35.3 Å². The molecule has 3 aromatic carbocycles. The molecule has 0 amide bonds. The summed E-state index contributed by atoms with van der Waals surface area (Å²) in [6.07, 6.45) is 9.91. The number of ether oxygens (including phenoxy) is 3. The van der Waals surface area contributed by atoms with E-state index in [0.29, 0.717) is 59.6 Å². The average Bonchev–Trinajstić information content (AvgIpc) is 3.78. The molecule has 4 aliphatic heterocycles. The van der Waals surface area contributed by atoms with Crippen LogP contribution < -0.4 is 19.7 Å². The van der Waals surface area contributed by atoms with E-state index in [2.05, 4.69) is 28.0 Å². The molecule has 11 heteroatoms. The number of phenolic OH excluding ortho intramolecular Hbond substituents is 1. The number of benzene rings is 3. The molecule has 0 unspecified atom stereocenters. The predicted molar refractivity (Wildman–Crippen MR) is 178 cm³/mol. The van der Waals surface area contributed by atoms with Gasteiger partial charge in [-0.05, 0) is 67.8 Å². The van der Waals surface area contributed by atoms with Crippen molar-refractivity contribution in [1.29, 1.82) is 0 Å². The van der Waals surface area contributed by atoms with Crippen molar-refractivity contribution >= 4 is 27.5 Å². The van der Waals surface area contributed by atoms with Gasteiger partial charge in [0.15, 0.2) is 5.82 Å². The van der Waals surface area contributed by atoms with Gasteiger partial charge in [0.05, 0.1) is 36.8 Å². The van der Waals surface area contributed by atoms with Crippen molar-refractivity contribution < 1.29 is 28.1 Å². The minimum atomic E-state index is -0.648. The number of piperazine rings is 1. The highest BCUT2D eigenvalue weighted by Crippen LogP contribution is 2.49. The van der Waals surface area contributed by atoms with Crippen LogP contribution in [0.2, 0.25) is 0 Å². The molecule has 4 fully saturated rings. The fourth-order valence-corrected chi connectivity index (χ4v) is 8.25. The number of nitrogens with one attached hydrogen (secondary N) is 1. The summed E-state index contributed by atoms with van der Waals surface area (Å²) in [4.78, 5) is 14.4. The second-order valence-corrected chi connectivity index (χ2v) is 14.2. The minimum absolute atomic E-state index is 0.00951. The van der Waals surface area contributed by atoms with Gasteiger partial charge in [-0.2, -0.15) is 9.97 Å². The number of nitrogens with zero attached hydrogens (tertiary/aromatic N) is 4. The number of morpholine rings is 1. The van der Waals surface area contributed by atoms with Crippen LogP contribution in [-0.4, -0.2) is 90.2 Å². The largest absolute Gasteiger partial charge is 0.508 e. The lowest BCUT2D eigenvalue weighted by molar-refractivity contribution is -0.0134. The number of halogens is 2. The Morgan fingerprint density at radius 2 is 2.00 bits per heavy atom. The maximum absolute atomic E-state index is 17.1. The van der Waals surface area contributed by atoms with E-state index in [1.807, 2.05) is 0 Å². The number of phenols is 1. The maximum atomic E-state index is 17.1. The second-order valence-electron chi connectivity index (χ2n) is 14.2. The Hall–Kier alpha value is -4.24. The first kappa shape index (κ1) is 29.9. The van der Waals surface area contributed by atoms with E-state index in [4.69, 9.17) is 30.6 Å². The number of hydrogen-bond acceptors (Lipinski definition) is 9. The van der Waals surface area contributed by atoms with Crippen LogP contribution in [0.4, 0.5) is 14.6 Å². The Labute approximate surface area is 277 Å². The van der Waals surface area contributed by atoms with Gasteiger partial charge in [-0.25, -0.2) is 8.78 Å². The predicted octanol–water partition coefficient (Wildman–Crippen LogP) is 5.00. The maximum Gasteiger partial charge on any atom is 0.319 e. The molecular formula is C37H37F2N5O4. The van der Waals surface area contributed by atoms with Gasteiger partial charge >= 0.3 is 6.01 Å². The molecular weight excluding hydrogens is 616 g/mol. The van der Waals surface area contributed by atoms with Gasteiger partial charge in [0.25, 0.3) is 0 Å². The van der Waals surface area contributed by atoms with Crippen LogP contribution in [0.3, 0.4) is 0 Å². The van der Waals surface area contributed by atoms with Gasteiger partial charge in [-0.3, -0.25) is 4.90 Å². The van der Waals surface area contributed by atoms with E-state index in [-0.39, 0.29) is 51.5 Å². The standard InChI is InChI=1S/C37H37F2N5O4/c1-3-24-27(38)6-4-21-12-23(45)13-25(31(21)24)26-14-30-32-34(33(26)39)41-36(48-19-37(8-9-37)18-43-10-11-46-16-20(43)2)42-35(32)44-15-22-5-7-28(40-22)29(44)17-47-30/h1,4,6,12-14,20,22,28-29,40,45H,5,7-11,15-19H2,2H3/t20-,22-,28+,29-/m1/s1. The Balaban J connectivity index is 1.19. The van der Waals surface area contributed by atoms with Crippen LogP contribution in [0.1, 0.15) is 38.2 Å². The highest BCUT2D eigenvalue weighted by molar-refractivity contribution is 6.06. The molecule has 1 saturated carbocycles. The molecule has 5 aliphatic rings. The van der Waals surface area contributed by atoms with E-state index in [9.17, 15) is 5.11 Å². The number of fused-ring (bicyclic) bond motifs is 6. The molecule has 2 N–H and O–H groups in total. The van der Waals surface area contributed by atoms with Gasteiger partial charge in [-0.1, -0.05) is 12.0 Å².